The van der Waals surface area contributed by atoms with E-state index in [1.807, 2.05) is 4.89 Å². The number of carbonyl (C=O) groups is 1. The van der Waals surface area contributed by atoms with E-state index in [1.165, 1.54) is 6.07 Å². The Morgan fingerprint density at radius 1 is 1.24 bits per heavy atom. The van der Waals surface area contributed by atoms with Crippen LogP contribution in [0.3, 0.4) is 0 Å². The van der Waals surface area contributed by atoms with Crippen LogP contribution in [-0.4, -0.2) is 14.4 Å². The standard InChI is InChI=1S/C18H20BrNO4S/c1-3-9-14(4-2)18(12-7-8-13-18)17(21)24-20-25(22,23)16-11-6-5-10-15(16)19/h3-6,9-11,20H,1-2,7-8,12-13H2/b14-9+. The average molecular weight is 426 g/mol. The van der Waals surface area contributed by atoms with E-state index >= 15 is 0 Å². The molecule has 0 bridgehead atoms. The predicted octanol–water partition coefficient (Wildman–Crippen LogP) is 4.04. The minimum atomic E-state index is -3.99. The second-order valence-electron chi connectivity index (χ2n) is 5.76. The van der Waals surface area contributed by atoms with Gasteiger partial charge in [0.2, 0.25) is 0 Å². The van der Waals surface area contributed by atoms with Crippen molar-refractivity contribution in [3.8, 4) is 0 Å². The number of halogens is 1. The summed E-state index contributed by atoms with van der Waals surface area (Å²) in [7, 11) is -3.99. The van der Waals surface area contributed by atoms with Crippen molar-refractivity contribution in [3.63, 3.8) is 0 Å². The molecule has 25 heavy (non-hydrogen) atoms. The smallest absolute Gasteiger partial charge is 0.336 e. The van der Waals surface area contributed by atoms with Crippen LogP contribution in [0.15, 0.2) is 70.6 Å². The van der Waals surface area contributed by atoms with Crippen LogP contribution in [0, 0.1) is 5.41 Å². The van der Waals surface area contributed by atoms with Gasteiger partial charge in [-0.15, -0.1) is 0 Å². The molecule has 1 aliphatic carbocycles. The van der Waals surface area contributed by atoms with Crippen LogP contribution in [0.5, 0.6) is 0 Å². The van der Waals surface area contributed by atoms with E-state index in [1.54, 1.807) is 36.4 Å². The number of nitrogens with one attached hydrogen (secondary N) is 1. The predicted molar refractivity (Wildman–Crippen MR) is 99.9 cm³/mol. The van der Waals surface area contributed by atoms with Gasteiger partial charge in [-0.05, 0) is 51.4 Å². The molecule has 1 aromatic rings. The van der Waals surface area contributed by atoms with Crippen LogP contribution in [-0.2, 0) is 19.7 Å². The maximum atomic E-state index is 12.7. The zero-order valence-corrected chi connectivity index (χ0v) is 16.1. The third-order valence-electron chi connectivity index (χ3n) is 4.29. The molecule has 134 valence electrons. The number of benzene rings is 1. The second-order valence-corrected chi connectivity index (χ2v) is 8.23. The van der Waals surface area contributed by atoms with Crippen molar-refractivity contribution in [3.05, 3.63) is 65.7 Å². The van der Waals surface area contributed by atoms with Crippen molar-refractivity contribution in [2.75, 3.05) is 0 Å². The molecule has 0 unspecified atom stereocenters. The topological polar surface area (TPSA) is 72.5 Å². The Morgan fingerprint density at radius 2 is 1.88 bits per heavy atom. The maximum Gasteiger partial charge on any atom is 0.336 e. The van der Waals surface area contributed by atoms with Gasteiger partial charge in [-0.25, -0.2) is 13.2 Å². The molecule has 1 saturated carbocycles. The summed E-state index contributed by atoms with van der Waals surface area (Å²) >= 11 is 3.18. The highest BCUT2D eigenvalue weighted by Gasteiger charge is 2.45. The molecule has 0 aromatic heterocycles. The molecule has 1 fully saturated rings. The van der Waals surface area contributed by atoms with E-state index in [4.69, 9.17) is 4.84 Å². The van der Waals surface area contributed by atoms with Crippen LogP contribution >= 0.6 is 15.9 Å². The summed E-state index contributed by atoms with van der Waals surface area (Å²) in [6.45, 7) is 7.40. The van der Waals surface area contributed by atoms with Gasteiger partial charge < -0.3 is 4.84 Å². The molecule has 1 aliphatic rings. The third-order valence-corrected chi connectivity index (χ3v) is 6.48. The first-order valence-electron chi connectivity index (χ1n) is 7.80. The average Bonchev–Trinajstić information content (AvgIpc) is 3.08. The molecule has 0 atom stereocenters. The van der Waals surface area contributed by atoms with Gasteiger partial charge in [-0.2, -0.15) is 0 Å². The first kappa shape index (κ1) is 19.6. The molecule has 5 nitrogen and oxygen atoms in total. The number of rotatable bonds is 7. The van der Waals surface area contributed by atoms with Gasteiger partial charge in [0.05, 0.1) is 10.3 Å². The van der Waals surface area contributed by atoms with Gasteiger partial charge in [0, 0.05) is 4.47 Å². The normalized spacial score (nSPS) is 17.1. The summed E-state index contributed by atoms with van der Waals surface area (Å²) in [6.07, 6.45) is 7.75. The molecule has 0 amide bonds. The van der Waals surface area contributed by atoms with E-state index < -0.39 is 21.4 Å². The van der Waals surface area contributed by atoms with E-state index in [-0.39, 0.29) is 4.90 Å². The van der Waals surface area contributed by atoms with Crippen molar-refractivity contribution >= 4 is 31.9 Å². The molecule has 0 aliphatic heterocycles. The molecule has 0 saturated heterocycles. The number of allylic oxidation sites excluding steroid dienone is 3. The first-order valence-corrected chi connectivity index (χ1v) is 10.1. The number of carbonyl (C=O) groups excluding carboxylic acids is 1. The molecule has 1 N–H and O–H groups in total. The van der Waals surface area contributed by atoms with Crippen molar-refractivity contribution in [1.82, 2.24) is 4.89 Å². The maximum absolute atomic E-state index is 12.7. The highest BCUT2D eigenvalue weighted by atomic mass is 79.9. The lowest BCUT2D eigenvalue weighted by molar-refractivity contribution is -0.156. The van der Waals surface area contributed by atoms with Crippen LogP contribution in [0.1, 0.15) is 25.7 Å². The lowest BCUT2D eigenvalue weighted by Gasteiger charge is -2.27. The Morgan fingerprint density at radius 3 is 2.44 bits per heavy atom. The molecule has 0 heterocycles. The molecular formula is C18H20BrNO4S. The van der Waals surface area contributed by atoms with Gasteiger partial charge in [0.1, 0.15) is 0 Å². The van der Waals surface area contributed by atoms with Gasteiger partial charge in [0.25, 0.3) is 10.0 Å². The Bertz CT molecular complexity index is 808. The second kappa shape index (κ2) is 8.12. The van der Waals surface area contributed by atoms with Crippen molar-refractivity contribution in [2.45, 2.75) is 30.6 Å². The Balaban J connectivity index is 2.23. The fourth-order valence-corrected chi connectivity index (χ4v) is 4.82. The molecular weight excluding hydrogens is 406 g/mol. The molecule has 7 heteroatoms. The third kappa shape index (κ3) is 4.11. The Hall–Kier alpha value is -1.70. The van der Waals surface area contributed by atoms with Gasteiger partial charge in [0.15, 0.2) is 0 Å². The first-order chi connectivity index (χ1) is 11.9. The van der Waals surface area contributed by atoms with Gasteiger partial charge in [-0.3, -0.25) is 0 Å². The van der Waals surface area contributed by atoms with Crippen LogP contribution in [0.2, 0.25) is 0 Å². The van der Waals surface area contributed by atoms with E-state index in [0.717, 1.165) is 12.8 Å². The Labute approximate surface area is 156 Å². The number of hydrogen-bond donors (Lipinski definition) is 1. The zero-order valence-electron chi connectivity index (χ0n) is 13.7. The van der Waals surface area contributed by atoms with E-state index in [0.29, 0.717) is 22.9 Å². The summed E-state index contributed by atoms with van der Waals surface area (Å²) in [4.78, 5) is 19.7. The lowest BCUT2D eigenvalue weighted by Crippen LogP contribution is -2.37. The zero-order chi connectivity index (χ0) is 18.5. The molecule has 2 rings (SSSR count). The molecule has 0 radical (unpaired) electrons. The number of sulfonamides is 1. The molecule has 0 spiro atoms. The van der Waals surface area contributed by atoms with Crippen molar-refractivity contribution in [1.29, 1.82) is 0 Å². The SMILES string of the molecule is C=C/C=C(\C=C)C1(C(=O)ONS(=O)(=O)c2ccccc2Br)CCCC1. The van der Waals surface area contributed by atoms with Gasteiger partial charge in [-0.1, -0.05) is 56.4 Å². The van der Waals surface area contributed by atoms with Crippen LogP contribution < -0.4 is 4.89 Å². The summed E-state index contributed by atoms with van der Waals surface area (Å²) < 4.78 is 25.1. The highest BCUT2D eigenvalue weighted by Crippen LogP contribution is 2.45. The fraction of sp³-hybridized carbons (Fsp3) is 0.278. The summed E-state index contributed by atoms with van der Waals surface area (Å²) in [5.74, 6) is -0.631. The van der Waals surface area contributed by atoms with E-state index in [9.17, 15) is 13.2 Å². The van der Waals surface area contributed by atoms with Crippen LogP contribution in [0.25, 0.3) is 0 Å². The summed E-state index contributed by atoms with van der Waals surface area (Å²) in [5, 5.41) is 0. The molecule has 1 aromatic carbocycles. The quantitative estimate of drug-likeness (QED) is 0.528. The minimum Gasteiger partial charge on any atom is -0.355 e. The minimum absolute atomic E-state index is 0.00569. The Kier molecular flexibility index (Phi) is 6.37. The number of hydrogen-bond acceptors (Lipinski definition) is 4. The largest absolute Gasteiger partial charge is 0.355 e. The summed E-state index contributed by atoms with van der Waals surface area (Å²) in [6, 6.07) is 6.29. The van der Waals surface area contributed by atoms with Gasteiger partial charge >= 0.3 is 5.97 Å². The highest BCUT2D eigenvalue weighted by molar-refractivity contribution is 9.10. The summed E-state index contributed by atoms with van der Waals surface area (Å²) in [5.41, 5.74) is -0.211. The van der Waals surface area contributed by atoms with E-state index in [2.05, 4.69) is 29.1 Å². The van der Waals surface area contributed by atoms with Crippen molar-refractivity contribution in [2.24, 2.45) is 5.41 Å². The lowest BCUT2D eigenvalue weighted by atomic mass is 9.78. The fourth-order valence-electron chi connectivity index (χ4n) is 3.04. The van der Waals surface area contributed by atoms with Crippen molar-refractivity contribution < 1.29 is 18.0 Å². The monoisotopic (exact) mass is 425 g/mol. The van der Waals surface area contributed by atoms with Crippen LogP contribution in [0.4, 0.5) is 0 Å².